The van der Waals surface area contributed by atoms with Gasteiger partial charge in [0.1, 0.15) is 18.1 Å². The molecule has 2 aromatic rings. The molecule has 0 fully saturated rings. The second-order valence-electron chi connectivity index (χ2n) is 4.71. The summed E-state index contributed by atoms with van der Waals surface area (Å²) < 4.78 is 10.7. The van der Waals surface area contributed by atoms with Crippen molar-refractivity contribution in [2.75, 3.05) is 13.2 Å². The van der Waals surface area contributed by atoms with Gasteiger partial charge in [-0.25, -0.2) is 5.43 Å². The molecule has 0 radical (unpaired) electrons. The SMILES string of the molecule is C=CCOc1cccc(/C=N\NC(=O)COc2ccc(Cl)cc2)c1. The zero-order valence-electron chi connectivity index (χ0n) is 12.9. The summed E-state index contributed by atoms with van der Waals surface area (Å²) in [6, 6.07) is 14.1. The van der Waals surface area contributed by atoms with Crippen LogP contribution in [0.1, 0.15) is 5.56 Å². The summed E-state index contributed by atoms with van der Waals surface area (Å²) in [5.41, 5.74) is 3.20. The van der Waals surface area contributed by atoms with Crippen molar-refractivity contribution in [3.05, 3.63) is 71.8 Å². The van der Waals surface area contributed by atoms with Gasteiger partial charge in [-0.15, -0.1) is 0 Å². The van der Waals surface area contributed by atoms with Crippen LogP contribution in [-0.4, -0.2) is 25.3 Å². The molecule has 0 bridgehead atoms. The molecule has 0 aliphatic heterocycles. The molecule has 0 saturated heterocycles. The first-order valence-electron chi connectivity index (χ1n) is 7.21. The van der Waals surface area contributed by atoms with Crippen molar-refractivity contribution in [1.82, 2.24) is 5.43 Å². The molecule has 0 atom stereocenters. The Kier molecular flexibility index (Phi) is 6.86. The van der Waals surface area contributed by atoms with Gasteiger partial charge in [-0.05, 0) is 42.0 Å². The van der Waals surface area contributed by atoms with Crippen LogP contribution in [0.25, 0.3) is 0 Å². The van der Waals surface area contributed by atoms with Gasteiger partial charge in [0.2, 0.25) is 0 Å². The molecule has 0 unspecified atom stereocenters. The Hall–Kier alpha value is -2.79. The summed E-state index contributed by atoms with van der Waals surface area (Å²) in [4.78, 5) is 11.7. The molecule has 124 valence electrons. The Bertz CT molecular complexity index is 714. The lowest BCUT2D eigenvalue weighted by Crippen LogP contribution is -2.24. The van der Waals surface area contributed by atoms with Gasteiger partial charge in [-0.2, -0.15) is 5.10 Å². The number of benzene rings is 2. The minimum atomic E-state index is -0.361. The molecule has 2 aromatic carbocycles. The number of carbonyl (C=O) groups excluding carboxylic acids is 1. The van der Waals surface area contributed by atoms with E-state index in [4.69, 9.17) is 21.1 Å². The second kappa shape index (κ2) is 9.37. The second-order valence-corrected chi connectivity index (χ2v) is 5.14. The van der Waals surface area contributed by atoms with Crippen LogP contribution in [0.3, 0.4) is 0 Å². The molecule has 0 saturated carbocycles. The van der Waals surface area contributed by atoms with Crippen molar-refractivity contribution in [3.63, 3.8) is 0 Å². The lowest BCUT2D eigenvalue weighted by molar-refractivity contribution is -0.123. The highest BCUT2D eigenvalue weighted by Gasteiger charge is 2.01. The summed E-state index contributed by atoms with van der Waals surface area (Å²) in [6.07, 6.45) is 3.20. The molecular formula is C18H17ClN2O3. The lowest BCUT2D eigenvalue weighted by atomic mass is 10.2. The zero-order valence-corrected chi connectivity index (χ0v) is 13.7. The molecule has 5 nitrogen and oxygen atoms in total. The number of ether oxygens (including phenoxy) is 2. The topological polar surface area (TPSA) is 59.9 Å². The molecule has 0 aromatic heterocycles. The third kappa shape index (κ3) is 6.14. The first-order valence-corrected chi connectivity index (χ1v) is 7.59. The summed E-state index contributed by atoms with van der Waals surface area (Å²) in [5, 5.41) is 4.50. The third-order valence-electron chi connectivity index (χ3n) is 2.81. The van der Waals surface area contributed by atoms with Gasteiger partial charge in [-0.1, -0.05) is 36.4 Å². The maximum Gasteiger partial charge on any atom is 0.277 e. The highest BCUT2D eigenvalue weighted by atomic mass is 35.5. The summed E-state index contributed by atoms with van der Waals surface area (Å²) in [7, 11) is 0. The predicted octanol–water partition coefficient (Wildman–Crippen LogP) is 3.43. The Morgan fingerprint density at radius 3 is 2.71 bits per heavy atom. The molecule has 1 amide bonds. The van der Waals surface area contributed by atoms with Gasteiger partial charge in [-0.3, -0.25) is 4.79 Å². The fraction of sp³-hybridized carbons (Fsp3) is 0.111. The number of nitrogens with one attached hydrogen (secondary N) is 1. The Morgan fingerprint density at radius 2 is 1.96 bits per heavy atom. The first-order chi connectivity index (χ1) is 11.7. The summed E-state index contributed by atoms with van der Waals surface area (Å²) in [6.45, 7) is 3.89. The van der Waals surface area contributed by atoms with E-state index in [0.29, 0.717) is 23.1 Å². The van der Waals surface area contributed by atoms with E-state index in [2.05, 4.69) is 17.1 Å². The van der Waals surface area contributed by atoms with E-state index in [1.807, 2.05) is 24.3 Å². The summed E-state index contributed by atoms with van der Waals surface area (Å²) >= 11 is 5.77. The maximum absolute atomic E-state index is 11.7. The number of amides is 1. The largest absolute Gasteiger partial charge is 0.490 e. The standard InChI is InChI=1S/C18H17ClN2O3/c1-2-10-23-17-5-3-4-14(11-17)12-20-21-18(22)13-24-16-8-6-15(19)7-9-16/h2-9,11-12H,1,10,13H2,(H,21,22)/b20-12-. The fourth-order valence-corrected chi connectivity index (χ4v) is 1.86. The van der Waals surface area contributed by atoms with Crippen LogP contribution < -0.4 is 14.9 Å². The number of nitrogens with zero attached hydrogens (tertiary/aromatic N) is 1. The minimum Gasteiger partial charge on any atom is -0.490 e. The van der Waals surface area contributed by atoms with Crippen LogP contribution in [0.4, 0.5) is 0 Å². The molecule has 24 heavy (non-hydrogen) atoms. The van der Waals surface area contributed by atoms with Crippen molar-refractivity contribution in [2.45, 2.75) is 0 Å². The molecule has 0 spiro atoms. The quantitative estimate of drug-likeness (QED) is 0.453. The number of hydrogen-bond acceptors (Lipinski definition) is 4. The predicted molar refractivity (Wildman–Crippen MR) is 94.8 cm³/mol. The molecule has 0 heterocycles. The number of hydrazone groups is 1. The molecule has 6 heteroatoms. The van der Waals surface area contributed by atoms with Gasteiger partial charge in [0.15, 0.2) is 6.61 Å². The molecule has 0 aliphatic rings. The van der Waals surface area contributed by atoms with Crippen LogP contribution in [-0.2, 0) is 4.79 Å². The van der Waals surface area contributed by atoms with Crippen LogP contribution in [0.2, 0.25) is 5.02 Å². The van der Waals surface area contributed by atoms with Crippen molar-refractivity contribution in [3.8, 4) is 11.5 Å². The number of rotatable bonds is 8. The van der Waals surface area contributed by atoms with Crippen molar-refractivity contribution in [2.24, 2.45) is 5.10 Å². The van der Waals surface area contributed by atoms with Crippen LogP contribution >= 0.6 is 11.6 Å². The number of hydrogen-bond donors (Lipinski definition) is 1. The zero-order chi connectivity index (χ0) is 17.2. The van der Waals surface area contributed by atoms with Crippen molar-refractivity contribution < 1.29 is 14.3 Å². The highest BCUT2D eigenvalue weighted by Crippen LogP contribution is 2.15. The van der Waals surface area contributed by atoms with E-state index in [9.17, 15) is 4.79 Å². The van der Waals surface area contributed by atoms with E-state index >= 15 is 0 Å². The van der Waals surface area contributed by atoms with E-state index in [0.717, 1.165) is 5.56 Å². The van der Waals surface area contributed by atoms with Gasteiger partial charge in [0, 0.05) is 5.02 Å². The average molecular weight is 345 g/mol. The first kappa shape index (κ1) is 17.6. The van der Waals surface area contributed by atoms with Crippen LogP contribution in [0.5, 0.6) is 11.5 Å². The third-order valence-corrected chi connectivity index (χ3v) is 3.06. The molecule has 2 rings (SSSR count). The van der Waals surface area contributed by atoms with Crippen LogP contribution in [0.15, 0.2) is 66.3 Å². The lowest BCUT2D eigenvalue weighted by Gasteiger charge is -2.05. The van der Waals surface area contributed by atoms with Gasteiger partial charge in [0.25, 0.3) is 5.91 Å². The van der Waals surface area contributed by atoms with E-state index < -0.39 is 0 Å². The number of carbonyl (C=O) groups is 1. The fourth-order valence-electron chi connectivity index (χ4n) is 1.73. The van der Waals surface area contributed by atoms with Crippen molar-refractivity contribution in [1.29, 1.82) is 0 Å². The highest BCUT2D eigenvalue weighted by molar-refractivity contribution is 6.30. The summed E-state index contributed by atoms with van der Waals surface area (Å²) in [5.74, 6) is 0.905. The van der Waals surface area contributed by atoms with Gasteiger partial charge >= 0.3 is 0 Å². The minimum absolute atomic E-state index is 0.137. The molecule has 0 aliphatic carbocycles. The Balaban J connectivity index is 1.79. The smallest absolute Gasteiger partial charge is 0.277 e. The molecule has 1 N–H and O–H groups in total. The molecular weight excluding hydrogens is 328 g/mol. The normalized spacial score (nSPS) is 10.4. The Labute approximate surface area is 145 Å². The van der Waals surface area contributed by atoms with Gasteiger partial charge in [0.05, 0.1) is 6.21 Å². The van der Waals surface area contributed by atoms with E-state index in [-0.39, 0.29) is 12.5 Å². The maximum atomic E-state index is 11.7. The number of halogens is 1. The van der Waals surface area contributed by atoms with Crippen molar-refractivity contribution >= 4 is 23.7 Å². The van der Waals surface area contributed by atoms with Gasteiger partial charge < -0.3 is 9.47 Å². The average Bonchev–Trinajstić information content (AvgIpc) is 2.60. The van der Waals surface area contributed by atoms with E-state index in [1.54, 1.807) is 30.3 Å². The van der Waals surface area contributed by atoms with E-state index in [1.165, 1.54) is 6.21 Å². The Morgan fingerprint density at radius 1 is 1.17 bits per heavy atom. The van der Waals surface area contributed by atoms with Crippen LogP contribution in [0, 0.1) is 0 Å². The monoisotopic (exact) mass is 344 g/mol.